The van der Waals surface area contributed by atoms with E-state index < -0.39 is 38.4 Å². The Morgan fingerprint density at radius 1 is 1.39 bits per heavy atom. The summed E-state index contributed by atoms with van der Waals surface area (Å²) in [4.78, 5) is 47.6. The molecule has 1 aromatic heterocycles. The number of ether oxygens (including phenoxy) is 1. The number of carbonyl (C=O) groups is 1. The van der Waals surface area contributed by atoms with E-state index in [4.69, 9.17) is 20.3 Å². The van der Waals surface area contributed by atoms with Crippen LogP contribution in [0.4, 0.5) is 17.5 Å². The fourth-order valence-corrected chi connectivity index (χ4v) is 2.79. The van der Waals surface area contributed by atoms with Gasteiger partial charge >= 0.3 is 7.82 Å². The summed E-state index contributed by atoms with van der Waals surface area (Å²) in [6.45, 7) is -0.446. The number of Topliss-reactive ketones (excluding diaryl/α,β-unsaturated/α-hetero) is 1. The zero-order valence-corrected chi connectivity index (χ0v) is 12.4. The minimum absolute atomic E-state index is 0.0716. The number of anilines is 3. The molecule has 0 saturated carbocycles. The third kappa shape index (κ3) is 3.35. The number of H-pyrrole nitrogens is 1. The molecule has 23 heavy (non-hydrogen) atoms. The Balaban J connectivity index is 1.78. The number of hydrogen-bond acceptors (Lipinski definition) is 9. The molecule has 2 aliphatic heterocycles. The average Bonchev–Trinajstić information content (AvgIpc) is 2.42. The lowest BCUT2D eigenvalue weighted by atomic mass is 9.99. The van der Waals surface area contributed by atoms with Crippen LogP contribution in [-0.4, -0.2) is 50.5 Å². The van der Waals surface area contributed by atoms with Gasteiger partial charge in [-0.1, -0.05) is 0 Å². The van der Waals surface area contributed by atoms with Gasteiger partial charge in [-0.25, -0.2) is 4.57 Å². The van der Waals surface area contributed by atoms with Gasteiger partial charge in [-0.3, -0.25) is 19.1 Å². The Morgan fingerprint density at radius 2 is 2.13 bits per heavy atom. The molecule has 0 amide bonds. The molecular formula is C10H14N5O7P. The molecule has 2 aliphatic rings. The zero-order chi connectivity index (χ0) is 16.8. The third-order valence-electron chi connectivity index (χ3n) is 3.36. The van der Waals surface area contributed by atoms with Gasteiger partial charge in [-0.2, -0.15) is 4.98 Å². The number of phosphoric acid groups is 1. The highest BCUT2D eigenvalue weighted by molar-refractivity contribution is 7.46. The van der Waals surface area contributed by atoms with Gasteiger partial charge in [-0.15, -0.1) is 0 Å². The van der Waals surface area contributed by atoms with Crippen LogP contribution in [0.2, 0.25) is 0 Å². The van der Waals surface area contributed by atoms with Gasteiger partial charge < -0.3 is 30.9 Å². The van der Waals surface area contributed by atoms with E-state index >= 15 is 0 Å². The van der Waals surface area contributed by atoms with Crippen molar-refractivity contribution < 1.29 is 28.4 Å². The first-order valence-corrected chi connectivity index (χ1v) is 8.07. The molecule has 13 heteroatoms. The number of carbonyl (C=O) groups excluding carboxylic acids is 1. The van der Waals surface area contributed by atoms with Crippen LogP contribution in [0.15, 0.2) is 4.79 Å². The molecule has 0 spiro atoms. The number of nitrogen functional groups attached to an aromatic ring is 1. The molecule has 3 atom stereocenters. The molecule has 3 unspecified atom stereocenters. The summed E-state index contributed by atoms with van der Waals surface area (Å²) < 4.78 is 20.6. The number of nitrogens with two attached hydrogens (primary N) is 1. The van der Waals surface area contributed by atoms with Crippen LogP contribution < -0.4 is 21.9 Å². The minimum atomic E-state index is -4.66. The molecule has 3 rings (SSSR count). The van der Waals surface area contributed by atoms with Crippen LogP contribution in [0.1, 0.15) is 6.42 Å². The van der Waals surface area contributed by atoms with Gasteiger partial charge in [0.25, 0.3) is 5.56 Å². The molecule has 12 nitrogen and oxygen atoms in total. The summed E-state index contributed by atoms with van der Waals surface area (Å²) in [6, 6.07) is -0.833. The second-order valence-electron chi connectivity index (χ2n) is 5.08. The Bertz CT molecular complexity index is 746. The quantitative estimate of drug-likeness (QED) is 0.344. The monoisotopic (exact) mass is 347 g/mol. The van der Waals surface area contributed by atoms with Gasteiger partial charge in [-0.05, 0) is 0 Å². The van der Waals surface area contributed by atoms with E-state index in [1.165, 1.54) is 0 Å². The second-order valence-corrected chi connectivity index (χ2v) is 6.32. The predicted octanol–water partition coefficient (Wildman–Crippen LogP) is -1.65. The van der Waals surface area contributed by atoms with Crippen molar-refractivity contribution in [3.05, 3.63) is 10.4 Å². The van der Waals surface area contributed by atoms with Crippen molar-refractivity contribution in [1.29, 1.82) is 0 Å². The summed E-state index contributed by atoms with van der Waals surface area (Å²) >= 11 is 0. The van der Waals surface area contributed by atoms with Gasteiger partial charge in [0.2, 0.25) is 5.95 Å². The van der Waals surface area contributed by atoms with Crippen LogP contribution >= 0.6 is 7.82 Å². The van der Waals surface area contributed by atoms with Gasteiger partial charge in [0.15, 0.2) is 17.8 Å². The Hall–Kier alpha value is -1.98. The van der Waals surface area contributed by atoms with E-state index in [0.29, 0.717) is 0 Å². The maximum atomic E-state index is 12.2. The van der Waals surface area contributed by atoms with E-state index in [2.05, 4.69) is 25.1 Å². The topological polar surface area (TPSA) is 189 Å². The van der Waals surface area contributed by atoms with Gasteiger partial charge in [0, 0.05) is 6.42 Å². The molecule has 7 N–H and O–H groups in total. The third-order valence-corrected chi connectivity index (χ3v) is 3.85. The first-order chi connectivity index (χ1) is 10.7. The molecule has 0 bridgehead atoms. The van der Waals surface area contributed by atoms with Gasteiger partial charge in [0.05, 0.1) is 12.7 Å². The lowest BCUT2D eigenvalue weighted by molar-refractivity contribution is -0.138. The molecule has 1 saturated heterocycles. The van der Waals surface area contributed by atoms with Crippen molar-refractivity contribution in [2.24, 2.45) is 0 Å². The maximum Gasteiger partial charge on any atom is 0.469 e. The highest BCUT2D eigenvalue weighted by Crippen LogP contribution is 2.37. The van der Waals surface area contributed by atoms with Crippen LogP contribution in [-0.2, 0) is 18.6 Å². The predicted molar refractivity (Wildman–Crippen MR) is 76.6 cm³/mol. The molecule has 0 aromatic carbocycles. The molecule has 0 radical (unpaired) electrons. The van der Waals surface area contributed by atoms with E-state index in [9.17, 15) is 14.2 Å². The van der Waals surface area contributed by atoms with Crippen LogP contribution in [0.5, 0.6) is 0 Å². The number of nitrogens with zero attached hydrogens (tertiary/aromatic N) is 1. The van der Waals surface area contributed by atoms with Crippen molar-refractivity contribution in [2.45, 2.75) is 24.8 Å². The van der Waals surface area contributed by atoms with Crippen LogP contribution in [0.3, 0.4) is 0 Å². The number of ketones is 1. The van der Waals surface area contributed by atoms with Crippen LogP contribution in [0.25, 0.3) is 0 Å². The fraction of sp³-hybridized carbons (Fsp3) is 0.500. The highest BCUT2D eigenvalue weighted by atomic mass is 31.2. The summed E-state index contributed by atoms with van der Waals surface area (Å²) in [5.41, 5.74) is 4.99. The van der Waals surface area contributed by atoms with E-state index in [1.807, 2.05) is 0 Å². The van der Waals surface area contributed by atoms with Crippen molar-refractivity contribution in [3.8, 4) is 0 Å². The number of hydrogen-bond donors (Lipinski definition) is 6. The maximum absolute atomic E-state index is 12.2. The lowest BCUT2D eigenvalue weighted by Crippen LogP contribution is -2.57. The molecule has 0 aliphatic carbocycles. The standard InChI is InChI=1S/C10H14N5O7P/c11-10-14-7-6(8(17)15-10)12-5-4(16)1-3(22-9(5)13-7)2-21-23(18,19)20/h3,5,9,12H,1-2H2,(H2,18,19,20)(H4,11,13,14,15,17). The van der Waals surface area contributed by atoms with E-state index in [1.54, 1.807) is 0 Å². The van der Waals surface area contributed by atoms with Crippen molar-refractivity contribution >= 4 is 31.1 Å². The van der Waals surface area contributed by atoms with E-state index in [0.717, 1.165) is 0 Å². The number of fused-ring (bicyclic) bond motifs is 2. The van der Waals surface area contributed by atoms with Gasteiger partial charge in [0.1, 0.15) is 11.7 Å². The Labute approximate surface area is 128 Å². The van der Waals surface area contributed by atoms with E-state index in [-0.39, 0.29) is 29.7 Å². The normalized spacial score (nSPS) is 26.7. The molecule has 1 fully saturated rings. The summed E-state index contributed by atoms with van der Waals surface area (Å²) in [6.07, 6.45) is -1.83. The SMILES string of the molecule is Nc1nc2c(c(=O)[nH]1)NC1C(=O)CC(COP(=O)(O)O)OC1N2. The first kappa shape index (κ1) is 15.9. The van der Waals surface area contributed by atoms with Crippen molar-refractivity contribution in [3.63, 3.8) is 0 Å². The number of aromatic nitrogens is 2. The minimum Gasteiger partial charge on any atom is -0.369 e. The number of phosphoric ester groups is 1. The Kier molecular flexibility index (Phi) is 3.86. The molecule has 3 heterocycles. The zero-order valence-electron chi connectivity index (χ0n) is 11.6. The Morgan fingerprint density at radius 3 is 2.83 bits per heavy atom. The molecular weight excluding hydrogens is 333 g/mol. The van der Waals surface area contributed by atoms with Crippen molar-refractivity contribution in [1.82, 2.24) is 9.97 Å². The summed E-state index contributed by atoms with van der Waals surface area (Å²) in [5.74, 6) is -0.281. The number of aromatic amines is 1. The highest BCUT2D eigenvalue weighted by Gasteiger charge is 2.42. The van der Waals surface area contributed by atoms with Crippen molar-refractivity contribution in [2.75, 3.05) is 23.0 Å². The lowest BCUT2D eigenvalue weighted by Gasteiger charge is -2.39. The molecule has 1 aromatic rings. The first-order valence-electron chi connectivity index (χ1n) is 6.54. The molecule has 126 valence electrons. The van der Waals surface area contributed by atoms with Crippen LogP contribution in [0, 0.1) is 0 Å². The largest absolute Gasteiger partial charge is 0.469 e. The smallest absolute Gasteiger partial charge is 0.369 e. The average molecular weight is 347 g/mol. The number of nitrogens with one attached hydrogen (secondary N) is 3. The summed E-state index contributed by atoms with van der Waals surface area (Å²) in [5, 5.41) is 5.52. The summed E-state index contributed by atoms with van der Waals surface area (Å²) in [7, 11) is -4.66. The second kappa shape index (κ2) is 5.58. The number of rotatable bonds is 3. The fourth-order valence-electron chi connectivity index (χ4n) is 2.43.